The Morgan fingerprint density at radius 2 is 2.05 bits per heavy atom. The van der Waals surface area contributed by atoms with Gasteiger partial charge in [-0.1, -0.05) is 6.92 Å². The van der Waals surface area contributed by atoms with Crippen molar-refractivity contribution < 1.29 is 14.7 Å². The Labute approximate surface area is 111 Å². The normalized spacial score (nSPS) is 26.7. The first-order chi connectivity index (χ1) is 9.09. The lowest BCUT2D eigenvalue weighted by molar-refractivity contribution is -0.142. The fourth-order valence-electron chi connectivity index (χ4n) is 2.94. The van der Waals surface area contributed by atoms with Crippen molar-refractivity contribution >= 4 is 11.9 Å². The number of hydrogen-bond donors (Lipinski definition) is 1. The molecule has 0 radical (unpaired) electrons. The van der Waals surface area contributed by atoms with Crippen LogP contribution in [0.15, 0.2) is 18.3 Å². The predicted octanol–water partition coefficient (Wildman–Crippen LogP) is 1.76. The van der Waals surface area contributed by atoms with Crippen molar-refractivity contribution in [1.29, 1.82) is 0 Å². The van der Waals surface area contributed by atoms with Gasteiger partial charge in [0, 0.05) is 18.8 Å². The maximum Gasteiger partial charge on any atom is 0.326 e. The highest BCUT2D eigenvalue weighted by Gasteiger charge is 2.41. The second kappa shape index (κ2) is 4.40. The summed E-state index contributed by atoms with van der Waals surface area (Å²) in [7, 11) is 0. The van der Waals surface area contributed by atoms with E-state index in [9.17, 15) is 14.7 Å². The van der Waals surface area contributed by atoms with Crippen molar-refractivity contribution in [3.63, 3.8) is 0 Å². The summed E-state index contributed by atoms with van der Waals surface area (Å²) in [6.07, 6.45) is 4.88. The van der Waals surface area contributed by atoms with Gasteiger partial charge in [0.2, 0.25) is 0 Å². The molecule has 0 aromatic carbocycles. The molecule has 1 saturated carbocycles. The van der Waals surface area contributed by atoms with Crippen LogP contribution in [0.5, 0.6) is 0 Å². The summed E-state index contributed by atoms with van der Waals surface area (Å²) in [5, 5.41) is 9.29. The molecule has 1 aromatic rings. The van der Waals surface area contributed by atoms with E-state index in [1.54, 1.807) is 6.07 Å². The summed E-state index contributed by atoms with van der Waals surface area (Å²) >= 11 is 0. The Balaban J connectivity index is 1.87. The van der Waals surface area contributed by atoms with Gasteiger partial charge in [0.15, 0.2) is 0 Å². The number of carbonyl (C=O) groups excluding carboxylic acids is 1. The summed E-state index contributed by atoms with van der Waals surface area (Å²) in [6, 6.07) is 3.40. The molecule has 2 unspecified atom stereocenters. The highest BCUT2D eigenvalue weighted by Crippen LogP contribution is 2.37. The molecule has 19 heavy (non-hydrogen) atoms. The standard InChI is InChI=1S/C14H18N2O3/c1-9-6-8-16(12(9)14(18)19)13(17)11-3-2-7-15(11)10-4-5-10/h2-3,7,9-10,12H,4-6,8H2,1H3,(H,18,19). The number of carboxylic acids is 1. The van der Waals surface area contributed by atoms with Crippen LogP contribution in [0.4, 0.5) is 0 Å². The zero-order valence-electron chi connectivity index (χ0n) is 11.0. The monoisotopic (exact) mass is 262 g/mol. The molecule has 102 valence electrons. The van der Waals surface area contributed by atoms with Gasteiger partial charge in [0.1, 0.15) is 11.7 Å². The molecule has 5 heteroatoms. The number of aromatic nitrogens is 1. The molecule has 0 spiro atoms. The molecule has 5 nitrogen and oxygen atoms in total. The van der Waals surface area contributed by atoms with Gasteiger partial charge < -0.3 is 14.6 Å². The number of carbonyl (C=O) groups is 2. The van der Waals surface area contributed by atoms with Gasteiger partial charge in [-0.15, -0.1) is 0 Å². The average Bonchev–Trinajstić information content (AvgIpc) is 2.96. The number of carboxylic acid groups (broad SMARTS) is 1. The number of amides is 1. The summed E-state index contributed by atoms with van der Waals surface area (Å²) in [5.41, 5.74) is 0.628. The van der Waals surface area contributed by atoms with Crippen LogP contribution in [-0.4, -0.2) is 39.0 Å². The van der Waals surface area contributed by atoms with Crippen molar-refractivity contribution in [2.75, 3.05) is 6.54 Å². The molecule has 2 aliphatic rings. The third kappa shape index (κ3) is 2.03. The minimum absolute atomic E-state index is 0.0192. The maximum absolute atomic E-state index is 12.6. The number of aliphatic carboxylic acids is 1. The SMILES string of the molecule is CC1CCN(C(=O)c2cccn2C2CC2)C1C(=O)O. The largest absolute Gasteiger partial charge is 0.480 e. The van der Waals surface area contributed by atoms with Gasteiger partial charge in [-0.25, -0.2) is 4.79 Å². The molecular formula is C14H18N2O3. The molecule has 1 aromatic heterocycles. The molecule has 2 atom stereocenters. The lowest BCUT2D eigenvalue weighted by Gasteiger charge is -2.24. The van der Waals surface area contributed by atoms with Gasteiger partial charge in [0.05, 0.1) is 0 Å². The Hall–Kier alpha value is -1.78. The molecule has 1 N–H and O–H groups in total. The summed E-state index contributed by atoms with van der Waals surface area (Å²) in [4.78, 5) is 25.4. The smallest absolute Gasteiger partial charge is 0.326 e. The van der Waals surface area contributed by atoms with E-state index >= 15 is 0 Å². The predicted molar refractivity (Wildman–Crippen MR) is 68.9 cm³/mol. The van der Waals surface area contributed by atoms with Crippen LogP contribution in [-0.2, 0) is 4.79 Å². The lowest BCUT2D eigenvalue weighted by Crippen LogP contribution is -2.43. The third-order valence-electron chi connectivity index (χ3n) is 4.15. The first-order valence-electron chi connectivity index (χ1n) is 6.80. The lowest BCUT2D eigenvalue weighted by atomic mass is 10.0. The third-order valence-corrected chi connectivity index (χ3v) is 4.15. The van der Waals surface area contributed by atoms with E-state index in [2.05, 4.69) is 0 Å². The van der Waals surface area contributed by atoms with Crippen LogP contribution >= 0.6 is 0 Å². The number of hydrogen-bond acceptors (Lipinski definition) is 2. The van der Waals surface area contributed by atoms with Crippen LogP contribution in [0.1, 0.15) is 42.7 Å². The maximum atomic E-state index is 12.6. The molecule has 1 amide bonds. The van der Waals surface area contributed by atoms with E-state index in [1.807, 2.05) is 23.8 Å². The van der Waals surface area contributed by atoms with Crippen LogP contribution in [0.3, 0.4) is 0 Å². The molecule has 1 saturated heterocycles. The van der Waals surface area contributed by atoms with E-state index in [-0.39, 0.29) is 11.8 Å². The van der Waals surface area contributed by atoms with E-state index in [4.69, 9.17) is 0 Å². The number of likely N-dealkylation sites (tertiary alicyclic amines) is 1. The highest BCUT2D eigenvalue weighted by molar-refractivity contribution is 5.96. The molecular weight excluding hydrogens is 244 g/mol. The van der Waals surface area contributed by atoms with Crippen LogP contribution in [0.2, 0.25) is 0 Å². The van der Waals surface area contributed by atoms with Crippen LogP contribution in [0, 0.1) is 5.92 Å². The zero-order chi connectivity index (χ0) is 13.6. The second-order valence-corrected chi connectivity index (χ2v) is 5.58. The van der Waals surface area contributed by atoms with E-state index in [1.165, 1.54) is 4.90 Å². The van der Waals surface area contributed by atoms with Gasteiger partial charge in [0.25, 0.3) is 5.91 Å². The van der Waals surface area contributed by atoms with Gasteiger partial charge in [-0.2, -0.15) is 0 Å². The minimum atomic E-state index is -0.900. The number of rotatable bonds is 3. The molecule has 1 aliphatic carbocycles. The quantitative estimate of drug-likeness (QED) is 0.902. The molecule has 1 aliphatic heterocycles. The first kappa shape index (κ1) is 12.3. The van der Waals surface area contributed by atoms with Crippen molar-refractivity contribution in [2.45, 2.75) is 38.3 Å². The fourth-order valence-corrected chi connectivity index (χ4v) is 2.94. The second-order valence-electron chi connectivity index (χ2n) is 5.58. The molecule has 2 heterocycles. The highest BCUT2D eigenvalue weighted by atomic mass is 16.4. The Kier molecular flexibility index (Phi) is 2.84. The van der Waals surface area contributed by atoms with Crippen molar-refractivity contribution in [2.24, 2.45) is 5.92 Å². The summed E-state index contributed by atoms with van der Waals surface area (Å²) in [6.45, 7) is 2.43. The van der Waals surface area contributed by atoms with E-state index < -0.39 is 12.0 Å². The average molecular weight is 262 g/mol. The van der Waals surface area contributed by atoms with E-state index in [0.29, 0.717) is 18.3 Å². The molecule has 2 fully saturated rings. The van der Waals surface area contributed by atoms with Gasteiger partial charge in [-0.05, 0) is 37.3 Å². The van der Waals surface area contributed by atoms with Gasteiger partial charge in [-0.3, -0.25) is 4.79 Å². The molecule has 3 rings (SSSR count). The Bertz CT molecular complexity index is 519. The van der Waals surface area contributed by atoms with Crippen molar-refractivity contribution in [3.05, 3.63) is 24.0 Å². The van der Waals surface area contributed by atoms with E-state index in [0.717, 1.165) is 19.3 Å². The Morgan fingerprint density at radius 3 is 2.68 bits per heavy atom. The Morgan fingerprint density at radius 1 is 1.32 bits per heavy atom. The minimum Gasteiger partial charge on any atom is -0.480 e. The first-order valence-corrected chi connectivity index (χ1v) is 6.80. The topological polar surface area (TPSA) is 62.5 Å². The number of nitrogens with zero attached hydrogens (tertiary/aromatic N) is 2. The van der Waals surface area contributed by atoms with Crippen molar-refractivity contribution in [1.82, 2.24) is 9.47 Å². The molecule has 0 bridgehead atoms. The summed E-state index contributed by atoms with van der Waals surface area (Å²) in [5.74, 6) is -1.03. The summed E-state index contributed by atoms with van der Waals surface area (Å²) < 4.78 is 1.99. The fraction of sp³-hybridized carbons (Fsp3) is 0.571. The van der Waals surface area contributed by atoms with Crippen LogP contribution < -0.4 is 0 Å². The van der Waals surface area contributed by atoms with Crippen molar-refractivity contribution in [3.8, 4) is 0 Å². The van der Waals surface area contributed by atoms with Gasteiger partial charge >= 0.3 is 5.97 Å². The zero-order valence-corrected chi connectivity index (χ0v) is 11.0. The van der Waals surface area contributed by atoms with Crippen LogP contribution in [0.25, 0.3) is 0 Å².